The van der Waals surface area contributed by atoms with E-state index < -0.39 is 0 Å². The van der Waals surface area contributed by atoms with Crippen molar-refractivity contribution in [3.63, 3.8) is 0 Å². The molecule has 3 rings (SSSR count). The standard InChI is InChI=1S/C17H22IN3/c1-21-8-7-12(11-21)3-2-4-14-15-9-13(18)5-6-17(15)20-10-16(14)19/h5-6,9-10,12H,2-4,7-8,11,19H2,1H3. The minimum absolute atomic E-state index is 0.841. The van der Waals surface area contributed by atoms with Crippen LogP contribution in [0.1, 0.15) is 24.8 Å². The summed E-state index contributed by atoms with van der Waals surface area (Å²) in [5.74, 6) is 0.865. The molecule has 1 aliphatic heterocycles. The van der Waals surface area contributed by atoms with E-state index in [2.05, 4.69) is 57.7 Å². The van der Waals surface area contributed by atoms with E-state index in [1.54, 1.807) is 0 Å². The third kappa shape index (κ3) is 3.48. The van der Waals surface area contributed by atoms with E-state index in [0.29, 0.717) is 0 Å². The number of rotatable bonds is 4. The maximum atomic E-state index is 6.18. The first-order chi connectivity index (χ1) is 10.1. The third-order valence-electron chi connectivity index (χ3n) is 4.50. The van der Waals surface area contributed by atoms with E-state index in [1.165, 1.54) is 46.9 Å². The van der Waals surface area contributed by atoms with Gasteiger partial charge in [-0.25, -0.2) is 0 Å². The molecule has 2 heterocycles. The van der Waals surface area contributed by atoms with E-state index in [0.717, 1.165) is 23.5 Å². The fraction of sp³-hybridized carbons (Fsp3) is 0.471. The first-order valence-corrected chi connectivity index (χ1v) is 8.72. The monoisotopic (exact) mass is 395 g/mol. The van der Waals surface area contributed by atoms with Gasteiger partial charge in [-0.05, 0) is 91.5 Å². The molecule has 1 aliphatic rings. The molecule has 21 heavy (non-hydrogen) atoms. The molecule has 1 fully saturated rings. The highest BCUT2D eigenvalue weighted by molar-refractivity contribution is 14.1. The number of hydrogen-bond acceptors (Lipinski definition) is 3. The molecule has 1 saturated heterocycles. The number of anilines is 1. The lowest BCUT2D eigenvalue weighted by molar-refractivity contribution is 0.385. The van der Waals surface area contributed by atoms with Crippen LogP contribution >= 0.6 is 22.6 Å². The van der Waals surface area contributed by atoms with Gasteiger partial charge in [-0.1, -0.05) is 0 Å². The van der Waals surface area contributed by atoms with Crippen LogP contribution in [0.5, 0.6) is 0 Å². The van der Waals surface area contributed by atoms with Gasteiger partial charge in [0.15, 0.2) is 0 Å². The predicted octanol–water partition coefficient (Wildman–Crippen LogP) is 3.70. The number of aryl methyl sites for hydroxylation is 1. The molecule has 0 radical (unpaired) electrons. The summed E-state index contributed by atoms with van der Waals surface area (Å²) in [6, 6.07) is 6.40. The molecule has 112 valence electrons. The Morgan fingerprint density at radius 1 is 1.43 bits per heavy atom. The van der Waals surface area contributed by atoms with E-state index >= 15 is 0 Å². The zero-order valence-corrected chi connectivity index (χ0v) is 14.6. The van der Waals surface area contributed by atoms with Gasteiger partial charge in [0.1, 0.15) is 0 Å². The number of hydrogen-bond donors (Lipinski definition) is 1. The topological polar surface area (TPSA) is 42.1 Å². The minimum atomic E-state index is 0.841. The zero-order valence-electron chi connectivity index (χ0n) is 12.5. The van der Waals surface area contributed by atoms with E-state index in [1.807, 2.05) is 6.20 Å². The molecule has 2 aromatic rings. The van der Waals surface area contributed by atoms with Crippen LogP contribution in [0.3, 0.4) is 0 Å². The van der Waals surface area contributed by atoms with Crippen molar-refractivity contribution in [3.8, 4) is 0 Å². The van der Waals surface area contributed by atoms with Gasteiger partial charge >= 0.3 is 0 Å². The summed E-state index contributed by atoms with van der Waals surface area (Å²) in [7, 11) is 2.22. The molecule has 2 N–H and O–H groups in total. The van der Waals surface area contributed by atoms with Crippen molar-refractivity contribution in [2.24, 2.45) is 5.92 Å². The van der Waals surface area contributed by atoms with Crippen molar-refractivity contribution in [2.45, 2.75) is 25.7 Å². The highest BCUT2D eigenvalue weighted by Gasteiger charge is 2.19. The Bertz CT molecular complexity index is 636. The lowest BCUT2D eigenvalue weighted by Crippen LogP contribution is -2.14. The number of nitrogens with zero attached hydrogens (tertiary/aromatic N) is 2. The molecule has 0 bridgehead atoms. The first kappa shape index (κ1) is 15.0. The van der Waals surface area contributed by atoms with Crippen LogP contribution in [0.4, 0.5) is 5.69 Å². The number of pyridine rings is 1. The largest absolute Gasteiger partial charge is 0.397 e. The van der Waals surface area contributed by atoms with Crippen molar-refractivity contribution in [1.82, 2.24) is 9.88 Å². The Morgan fingerprint density at radius 3 is 3.05 bits per heavy atom. The minimum Gasteiger partial charge on any atom is -0.397 e. The van der Waals surface area contributed by atoms with Crippen LogP contribution < -0.4 is 5.73 Å². The molecule has 0 spiro atoms. The average Bonchev–Trinajstić information content (AvgIpc) is 2.87. The van der Waals surface area contributed by atoms with Crippen molar-refractivity contribution in [3.05, 3.63) is 33.5 Å². The molecule has 4 heteroatoms. The van der Waals surface area contributed by atoms with Crippen LogP contribution in [0.25, 0.3) is 10.9 Å². The number of fused-ring (bicyclic) bond motifs is 1. The normalized spacial score (nSPS) is 19.4. The maximum absolute atomic E-state index is 6.18. The van der Waals surface area contributed by atoms with Crippen molar-refractivity contribution >= 4 is 39.2 Å². The Morgan fingerprint density at radius 2 is 2.29 bits per heavy atom. The Hall–Kier alpha value is -0.880. The van der Waals surface area contributed by atoms with Crippen LogP contribution in [0.2, 0.25) is 0 Å². The fourth-order valence-corrected chi connectivity index (χ4v) is 3.83. The van der Waals surface area contributed by atoms with Gasteiger partial charge in [-0.2, -0.15) is 0 Å². The van der Waals surface area contributed by atoms with E-state index in [-0.39, 0.29) is 0 Å². The quantitative estimate of drug-likeness (QED) is 0.803. The summed E-state index contributed by atoms with van der Waals surface area (Å²) in [5, 5.41) is 1.23. The smallest absolute Gasteiger partial charge is 0.0707 e. The number of aromatic nitrogens is 1. The van der Waals surface area contributed by atoms with E-state index in [9.17, 15) is 0 Å². The van der Waals surface area contributed by atoms with Gasteiger partial charge in [0, 0.05) is 15.5 Å². The predicted molar refractivity (Wildman–Crippen MR) is 97.4 cm³/mol. The maximum Gasteiger partial charge on any atom is 0.0707 e. The summed E-state index contributed by atoms with van der Waals surface area (Å²) in [4.78, 5) is 6.88. The first-order valence-electron chi connectivity index (χ1n) is 7.64. The SMILES string of the molecule is CN1CCC(CCCc2c(N)cnc3ccc(I)cc23)C1. The number of likely N-dealkylation sites (tertiary alicyclic amines) is 1. The fourth-order valence-electron chi connectivity index (χ4n) is 3.34. The highest BCUT2D eigenvalue weighted by atomic mass is 127. The third-order valence-corrected chi connectivity index (χ3v) is 5.17. The van der Waals surface area contributed by atoms with Crippen LogP contribution in [0.15, 0.2) is 24.4 Å². The highest BCUT2D eigenvalue weighted by Crippen LogP contribution is 2.27. The molecule has 1 aromatic carbocycles. The van der Waals surface area contributed by atoms with E-state index in [4.69, 9.17) is 5.73 Å². The second-order valence-electron chi connectivity index (χ2n) is 6.16. The van der Waals surface area contributed by atoms with Gasteiger partial charge in [0.25, 0.3) is 0 Å². The van der Waals surface area contributed by atoms with Crippen molar-refractivity contribution < 1.29 is 0 Å². The van der Waals surface area contributed by atoms with Crippen molar-refractivity contribution in [2.75, 3.05) is 25.9 Å². The molecule has 0 aliphatic carbocycles. The van der Waals surface area contributed by atoms with Gasteiger partial charge < -0.3 is 10.6 Å². The molecular formula is C17H22IN3. The number of nitrogens with two attached hydrogens (primary N) is 1. The summed E-state index contributed by atoms with van der Waals surface area (Å²) >= 11 is 2.35. The Balaban J connectivity index is 1.73. The van der Waals surface area contributed by atoms with Crippen molar-refractivity contribution in [1.29, 1.82) is 0 Å². The molecule has 3 nitrogen and oxygen atoms in total. The van der Waals surface area contributed by atoms with Gasteiger partial charge in [0.2, 0.25) is 0 Å². The lowest BCUT2D eigenvalue weighted by Gasteiger charge is -2.12. The summed E-state index contributed by atoms with van der Waals surface area (Å²) < 4.78 is 1.24. The number of benzene rings is 1. The van der Waals surface area contributed by atoms with Crippen LogP contribution in [-0.2, 0) is 6.42 Å². The summed E-state index contributed by atoms with van der Waals surface area (Å²) in [6.07, 6.45) is 6.74. The second-order valence-corrected chi connectivity index (χ2v) is 7.41. The Labute approximate surface area is 140 Å². The molecule has 1 aromatic heterocycles. The Kier molecular flexibility index (Phi) is 4.64. The molecular weight excluding hydrogens is 373 g/mol. The van der Waals surface area contributed by atoms with Crippen LogP contribution in [0, 0.1) is 9.49 Å². The lowest BCUT2D eigenvalue weighted by atomic mass is 9.96. The summed E-state index contributed by atoms with van der Waals surface area (Å²) in [6.45, 7) is 2.51. The average molecular weight is 395 g/mol. The van der Waals surface area contributed by atoms with Gasteiger partial charge in [-0.3, -0.25) is 4.98 Å². The second kappa shape index (κ2) is 6.48. The van der Waals surface area contributed by atoms with Gasteiger partial charge in [-0.15, -0.1) is 0 Å². The zero-order chi connectivity index (χ0) is 14.8. The van der Waals surface area contributed by atoms with Gasteiger partial charge in [0.05, 0.1) is 17.4 Å². The molecule has 0 saturated carbocycles. The molecule has 1 unspecified atom stereocenters. The summed E-state index contributed by atoms with van der Waals surface area (Å²) in [5.41, 5.74) is 9.36. The molecule has 0 amide bonds. The van der Waals surface area contributed by atoms with Crippen LogP contribution in [-0.4, -0.2) is 30.0 Å². The number of halogens is 1. The number of nitrogen functional groups attached to an aromatic ring is 1. The molecule has 1 atom stereocenters.